The molecule has 92 valence electrons. The summed E-state index contributed by atoms with van der Waals surface area (Å²) in [5.41, 5.74) is 0. The quantitative estimate of drug-likeness (QED) is 0.722. The van der Waals surface area contributed by atoms with Gasteiger partial charge in [0.2, 0.25) is 0 Å². The molecule has 2 aliphatic heterocycles. The van der Waals surface area contributed by atoms with Gasteiger partial charge in [0.05, 0.1) is 5.37 Å². The summed E-state index contributed by atoms with van der Waals surface area (Å²) in [5.74, 6) is 0.184. The number of hydrogen-bond donors (Lipinski definition) is 1. The molecule has 2 aliphatic rings. The van der Waals surface area contributed by atoms with E-state index in [1.807, 2.05) is 4.90 Å². The van der Waals surface area contributed by atoms with Gasteiger partial charge in [-0.15, -0.1) is 0 Å². The van der Waals surface area contributed by atoms with E-state index in [4.69, 9.17) is 4.74 Å². The van der Waals surface area contributed by atoms with E-state index in [-0.39, 0.29) is 17.4 Å². The number of nitrogens with zero attached hydrogens (tertiary/aromatic N) is 2. The lowest BCUT2D eigenvalue weighted by Crippen LogP contribution is -2.52. The van der Waals surface area contributed by atoms with Crippen molar-refractivity contribution in [2.45, 2.75) is 31.2 Å². The van der Waals surface area contributed by atoms with Crippen molar-refractivity contribution >= 4 is 18.5 Å². The number of hydrogen-bond acceptors (Lipinski definition) is 4. The molecule has 0 radical (unpaired) electrons. The molecule has 0 aromatic carbocycles. The second-order valence-electron chi connectivity index (χ2n) is 4.49. The van der Waals surface area contributed by atoms with Crippen LogP contribution >= 0.6 is 12.6 Å². The number of amides is 1. The average Bonchev–Trinajstić information content (AvgIpc) is 2.81. The van der Waals surface area contributed by atoms with Gasteiger partial charge in [-0.1, -0.05) is 0 Å². The molecule has 0 aromatic rings. The Labute approximate surface area is 102 Å². The van der Waals surface area contributed by atoms with Crippen LogP contribution in [0.4, 0.5) is 0 Å². The van der Waals surface area contributed by atoms with E-state index < -0.39 is 0 Å². The predicted molar refractivity (Wildman–Crippen MR) is 65.6 cm³/mol. The van der Waals surface area contributed by atoms with Crippen molar-refractivity contribution in [2.24, 2.45) is 0 Å². The van der Waals surface area contributed by atoms with Gasteiger partial charge in [-0.05, 0) is 19.8 Å². The smallest absolute Gasteiger partial charge is 0.251 e. The average molecular weight is 244 g/mol. The number of carbonyl (C=O) groups is 1. The Morgan fingerprint density at radius 1 is 1.38 bits per heavy atom. The molecule has 2 heterocycles. The first-order valence-electron chi connectivity index (χ1n) is 6.01. The highest BCUT2D eigenvalue weighted by molar-refractivity contribution is 7.80. The van der Waals surface area contributed by atoms with Crippen LogP contribution in [0, 0.1) is 0 Å². The van der Waals surface area contributed by atoms with E-state index in [0.29, 0.717) is 0 Å². The molecule has 0 N–H and O–H groups in total. The largest absolute Gasteiger partial charge is 0.368 e. The van der Waals surface area contributed by atoms with Crippen molar-refractivity contribution in [1.29, 1.82) is 0 Å². The maximum Gasteiger partial charge on any atom is 0.251 e. The SMILES string of the molecule is CC(S)N1CCN(C(=O)C2CCCO2)CC1. The molecular weight excluding hydrogens is 224 g/mol. The Bertz CT molecular complexity index is 246. The molecule has 4 nitrogen and oxygen atoms in total. The first-order chi connectivity index (χ1) is 7.68. The second-order valence-corrected chi connectivity index (χ2v) is 5.24. The summed E-state index contributed by atoms with van der Waals surface area (Å²) < 4.78 is 5.42. The fourth-order valence-electron chi connectivity index (χ4n) is 2.29. The van der Waals surface area contributed by atoms with Crippen LogP contribution < -0.4 is 0 Å². The van der Waals surface area contributed by atoms with E-state index in [1.165, 1.54) is 0 Å². The van der Waals surface area contributed by atoms with E-state index in [0.717, 1.165) is 45.6 Å². The maximum atomic E-state index is 12.0. The van der Waals surface area contributed by atoms with Gasteiger partial charge in [-0.3, -0.25) is 9.69 Å². The van der Waals surface area contributed by atoms with E-state index in [1.54, 1.807) is 0 Å². The Kier molecular flexibility index (Phi) is 4.10. The molecule has 0 spiro atoms. The molecule has 2 fully saturated rings. The maximum absolute atomic E-state index is 12.0. The zero-order valence-electron chi connectivity index (χ0n) is 9.76. The van der Waals surface area contributed by atoms with Crippen LogP contribution in [0.3, 0.4) is 0 Å². The van der Waals surface area contributed by atoms with E-state index in [2.05, 4.69) is 24.5 Å². The fourth-order valence-corrected chi connectivity index (χ4v) is 2.52. The summed E-state index contributed by atoms with van der Waals surface area (Å²) >= 11 is 4.41. The fraction of sp³-hybridized carbons (Fsp3) is 0.909. The van der Waals surface area contributed by atoms with Gasteiger partial charge in [0.1, 0.15) is 6.10 Å². The Hall–Kier alpha value is -0.260. The number of carbonyl (C=O) groups excluding carboxylic acids is 1. The van der Waals surface area contributed by atoms with Gasteiger partial charge < -0.3 is 9.64 Å². The lowest BCUT2D eigenvalue weighted by molar-refractivity contribution is -0.142. The topological polar surface area (TPSA) is 32.8 Å². The summed E-state index contributed by atoms with van der Waals surface area (Å²) in [4.78, 5) is 16.3. The first-order valence-corrected chi connectivity index (χ1v) is 6.52. The number of thiol groups is 1. The van der Waals surface area contributed by atoms with Crippen LogP contribution in [0.5, 0.6) is 0 Å². The van der Waals surface area contributed by atoms with Crippen LogP contribution in [0.2, 0.25) is 0 Å². The molecule has 2 unspecified atom stereocenters. The molecule has 2 saturated heterocycles. The summed E-state index contributed by atoms with van der Waals surface area (Å²) in [7, 11) is 0. The minimum absolute atomic E-state index is 0.167. The molecule has 0 aliphatic carbocycles. The molecule has 2 atom stereocenters. The minimum Gasteiger partial charge on any atom is -0.368 e. The van der Waals surface area contributed by atoms with Gasteiger partial charge in [0, 0.05) is 32.8 Å². The number of piperazine rings is 1. The third-order valence-corrected chi connectivity index (χ3v) is 3.69. The zero-order chi connectivity index (χ0) is 11.5. The second kappa shape index (κ2) is 5.38. The van der Waals surface area contributed by atoms with Crippen LogP contribution in [0.15, 0.2) is 0 Å². The zero-order valence-corrected chi connectivity index (χ0v) is 10.7. The third-order valence-electron chi connectivity index (χ3n) is 3.36. The molecule has 5 heteroatoms. The number of rotatable bonds is 2. The monoisotopic (exact) mass is 244 g/mol. The third kappa shape index (κ3) is 2.70. The highest BCUT2D eigenvalue weighted by Gasteiger charge is 2.30. The standard InChI is InChI=1S/C11H20N2O2S/c1-9(16)12-4-6-13(7-5-12)11(14)10-3-2-8-15-10/h9-10,16H,2-8H2,1H3. The number of ether oxygens (including phenoxy) is 1. The van der Waals surface area contributed by atoms with Gasteiger partial charge in [0.25, 0.3) is 5.91 Å². The van der Waals surface area contributed by atoms with Gasteiger partial charge >= 0.3 is 0 Å². The molecule has 16 heavy (non-hydrogen) atoms. The molecule has 0 saturated carbocycles. The molecule has 0 bridgehead atoms. The Morgan fingerprint density at radius 2 is 2.06 bits per heavy atom. The summed E-state index contributed by atoms with van der Waals surface area (Å²) in [6.07, 6.45) is 1.74. The summed E-state index contributed by atoms with van der Waals surface area (Å²) in [6.45, 7) is 6.27. The van der Waals surface area contributed by atoms with Crippen molar-refractivity contribution in [3.8, 4) is 0 Å². The highest BCUT2D eigenvalue weighted by Crippen LogP contribution is 2.16. The molecule has 1 amide bonds. The summed E-state index contributed by atoms with van der Waals surface area (Å²) in [5, 5.41) is 0.278. The normalized spacial score (nSPS) is 29.4. The predicted octanol–water partition coefficient (Wildman–Crippen LogP) is 0.585. The van der Waals surface area contributed by atoms with Crippen LogP contribution in [-0.2, 0) is 9.53 Å². The van der Waals surface area contributed by atoms with Gasteiger partial charge in [-0.2, -0.15) is 12.6 Å². The van der Waals surface area contributed by atoms with Crippen molar-refractivity contribution in [1.82, 2.24) is 9.80 Å². The Balaban J connectivity index is 1.81. The van der Waals surface area contributed by atoms with Crippen molar-refractivity contribution in [3.05, 3.63) is 0 Å². The lowest BCUT2D eigenvalue weighted by atomic mass is 10.2. The molecule has 2 rings (SSSR count). The molecule has 0 aromatic heterocycles. The first kappa shape index (κ1) is 12.2. The highest BCUT2D eigenvalue weighted by atomic mass is 32.1. The van der Waals surface area contributed by atoms with Gasteiger partial charge in [0.15, 0.2) is 0 Å². The summed E-state index contributed by atoms with van der Waals surface area (Å²) in [6, 6.07) is 0. The lowest BCUT2D eigenvalue weighted by Gasteiger charge is -2.37. The van der Waals surface area contributed by atoms with Crippen LogP contribution in [0.25, 0.3) is 0 Å². The minimum atomic E-state index is -0.167. The van der Waals surface area contributed by atoms with E-state index >= 15 is 0 Å². The van der Waals surface area contributed by atoms with Crippen LogP contribution in [-0.4, -0.2) is 60.0 Å². The van der Waals surface area contributed by atoms with E-state index in [9.17, 15) is 4.79 Å². The van der Waals surface area contributed by atoms with Gasteiger partial charge in [-0.25, -0.2) is 0 Å². The molecular formula is C11H20N2O2S. The van der Waals surface area contributed by atoms with Crippen LogP contribution in [0.1, 0.15) is 19.8 Å². The van der Waals surface area contributed by atoms with Crippen molar-refractivity contribution in [3.63, 3.8) is 0 Å². The van der Waals surface area contributed by atoms with Crippen molar-refractivity contribution in [2.75, 3.05) is 32.8 Å². The van der Waals surface area contributed by atoms with Crippen molar-refractivity contribution < 1.29 is 9.53 Å². The Morgan fingerprint density at radius 3 is 2.56 bits per heavy atom.